The highest BCUT2D eigenvalue weighted by molar-refractivity contribution is 7.92. The van der Waals surface area contributed by atoms with Crippen molar-refractivity contribution in [3.8, 4) is 11.5 Å². The molecule has 0 aliphatic heterocycles. The van der Waals surface area contributed by atoms with Crippen LogP contribution in [0, 0.1) is 6.92 Å². The number of amides is 1. The number of ether oxygens (including phenoxy) is 2. The van der Waals surface area contributed by atoms with Crippen molar-refractivity contribution < 1.29 is 22.7 Å². The molecule has 33 heavy (non-hydrogen) atoms. The molecule has 0 aliphatic carbocycles. The van der Waals surface area contributed by atoms with Crippen molar-refractivity contribution in [1.29, 1.82) is 0 Å². The van der Waals surface area contributed by atoms with E-state index < -0.39 is 22.5 Å². The molecular weight excluding hydrogens is 442 g/mol. The smallest absolute Gasteiger partial charge is 0.264 e. The van der Waals surface area contributed by atoms with E-state index in [9.17, 15) is 13.2 Å². The van der Waals surface area contributed by atoms with E-state index >= 15 is 0 Å². The second-order valence-electron chi connectivity index (χ2n) is 7.06. The number of hydrogen-bond donors (Lipinski definition) is 1. The van der Waals surface area contributed by atoms with Gasteiger partial charge in [-0.2, -0.15) is 5.10 Å². The van der Waals surface area contributed by atoms with Gasteiger partial charge in [-0.3, -0.25) is 9.10 Å². The Kier molecular flexibility index (Phi) is 7.68. The Morgan fingerprint density at radius 3 is 2.33 bits per heavy atom. The van der Waals surface area contributed by atoms with Crippen LogP contribution in [0.15, 0.2) is 82.8 Å². The molecule has 3 aromatic carbocycles. The molecule has 3 rings (SSSR count). The van der Waals surface area contributed by atoms with Crippen molar-refractivity contribution >= 4 is 27.8 Å². The third-order valence-corrected chi connectivity index (χ3v) is 6.56. The second kappa shape index (κ2) is 10.6. The lowest BCUT2D eigenvalue weighted by atomic mass is 10.2. The maximum atomic E-state index is 13.3. The van der Waals surface area contributed by atoms with Gasteiger partial charge in [0.05, 0.1) is 31.0 Å². The van der Waals surface area contributed by atoms with Gasteiger partial charge in [0.25, 0.3) is 15.9 Å². The van der Waals surface area contributed by atoms with E-state index in [-0.39, 0.29) is 4.90 Å². The third-order valence-electron chi connectivity index (χ3n) is 4.77. The predicted octanol–water partition coefficient (Wildman–Crippen LogP) is 3.36. The molecular formula is C24H25N3O5S. The molecule has 0 heterocycles. The fraction of sp³-hybridized carbons (Fsp3) is 0.167. The monoisotopic (exact) mass is 467 g/mol. The topological polar surface area (TPSA) is 97.3 Å². The van der Waals surface area contributed by atoms with Crippen LogP contribution < -0.4 is 19.2 Å². The molecule has 0 atom stereocenters. The average molecular weight is 468 g/mol. The van der Waals surface area contributed by atoms with Gasteiger partial charge in [0.2, 0.25) is 0 Å². The Bertz CT molecular complexity index is 1230. The Morgan fingerprint density at radius 1 is 1.00 bits per heavy atom. The number of aryl methyl sites for hydroxylation is 1. The van der Waals surface area contributed by atoms with Crippen molar-refractivity contribution in [2.24, 2.45) is 5.10 Å². The van der Waals surface area contributed by atoms with E-state index in [1.165, 1.54) is 32.6 Å². The first-order chi connectivity index (χ1) is 15.8. The van der Waals surface area contributed by atoms with E-state index in [0.717, 1.165) is 9.87 Å². The van der Waals surface area contributed by atoms with Crippen molar-refractivity contribution in [3.63, 3.8) is 0 Å². The molecule has 0 aromatic heterocycles. The van der Waals surface area contributed by atoms with Crippen molar-refractivity contribution in [3.05, 3.63) is 83.9 Å². The number of carbonyl (C=O) groups is 1. The van der Waals surface area contributed by atoms with E-state index in [1.54, 1.807) is 60.7 Å². The van der Waals surface area contributed by atoms with Crippen molar-refractivity contribution in [2.75, 3.05) is 25.1 Å². The number of carbonyl (C=O) groups excluding carboxylic acids is 1. The van der Waals surface area contributed by atoms with Gasteiger partial charge in [0.15, 0.2) is 0 Å². The van der Waals surface area contributed by atoms with E-state index in [2.05, 4.69) is 10.5 Å². The summed E-state index contributed by atoms with van der Waals surface area (Å²) in [6.45, 7) is 1.45. The summed E-state index contributed by atoms with van der Waals surface area (Å²) in [4.78, 5) is 12.7. The van der Waals surface area contributed by atoms with Gasteiger partial charge in [-0.1, -0.05) is 35.9 Å². The van der Waals surface area contributed by atoms with Gasteiger partial charge in [-0.05, 0) is 49.4 Å². The summed E-state index contributed by atoms with van der Waals surface area (Å²) in [5, 5.41) is 3.96. The zero-order valence-corrected chi connectivity index (χ0v) is 19.4. The number of methoxy groups -OCH3 is 2. The molecule has 9 heteroatoms. The Morgan fingerprint density at radius 2 is 1.70 bits per heavy atom. The molecule has 0 radical (unpaired) electrons. The number of hydrazone groups is 1. The summed E-state index contributed by atoms with van der Waals surface area (Å²) in [6.07, 6.45) is 1.40. The highest BCUT2D eigenvalue weighted by Gasteiger charge is 2.27. The van der Waals surface area contributed by atoms with Gasteiger partial charge in [-0.15, -0.1) is 0 Å². The molecule has 0 saturated carbocycles. The summed E-state index contributed by atoms with van der Waals surface area (Å²) in [5.41, 5.74) is 4.31. The highest BCUT2D eigenvalue weighted by Crippen LogP contribution is 2.24. The first kappa shape index (κ1) is 23.8. The minimum atomic E-state index is -3.97. The van der Waals surface area contributed by atoms with Crippen LogP contribution in [0.3, 0.4) is 0 Å². The highest BCUT2D eigenvalue weighted by atomic mass is 32.2. The molecule has 0 bridgehead atoms. The molecule has 1 N–H and O–H groups in total. The lowest BCUT2D eigenvalue weighted by Crippen LogP contribution is -2.39. The Hall–Kier alpha value is -3.85. The normalized spacial score (nSPS) is 11.2. The lowest BCUT2D eigenvalue weighted by Gasteiger charge is -2.23. The molecule has 3 aromatic rings. The third kappa shape index (κ3) is 5.89. The van der Waals surface area contributed by atoms with Crippen molar-refractivity contribution in [1.82, 2.24) is 5.43 Å². The minimum absolute atomic E-state index is 0.0861. The van der Waals surface area contributed by atoms with Gasteiger partial charge >= 0.3 is 0 Å². The molecule has 172 valence electrons. The van der Waals surface area contributed by atoms with Crippen LogP contribution in [0.25, 0.3) is 0 Å². The zero-order chi connectivity index (χ0) is 23.8. The van der Waals surface area contributed by atoms with Gasteiger partial charge in [-0.25, -0.2) is 13.8 Å². The summed E-state index contributed by atoms with van der Waals surface area (Å²) in [7, 11) is -0.916. The van der Waals surface area contributed by atoms with Gasteiger partial charge in [0.1, 0.15) is 18.0 Å². The SMILES string of the molecule is COc1ccc(OC)c(C=NNC(=O)CN(c2ccc(C)cc2)S(=O)(=O)c2ccccc2)c1. The molecule has 0 saturated heterocycles. The number of rotatable bonds is 9. The quantitative estimate of drug-likeness (QED) is 0.384. The molecule has 0 unspecified atom stereocenters. The predicted molar refractivity (Wildman–Crippen MR) is 127 cm³/mol. The van der Waals surface area contributed by atoms with Crippen LogP contribution in [-0.2, 0) is 14.8 Å². The fourth-order valence-electron chi connectivity index (χ4n) is 3.03. The van der Waals surface area contributed by atoms with Crippen LogP contribution in [0.2, 0.25) is 0 Å². The minimum Gasteiger partial charge on any atom is -0.497 e. The van der Waals surface area contributed by atoms with Crippen LogP contribution in [0.5, 0.6) is 11.5 Å². The Balaban J connectivity index is 1.83. The molecule has 0 fully saturated rings. The molecule has 0 spiro atoms. The second-order valence-corrected chi connectivity index (χ2v) is 8.92. The summed E-state index contributed by atoms with van der Waals surface area (Å²) in [5.74, 6) is 0.540. The van der Waals surface area contributed by atoms with E-state index in [0.29, 0.717) is 22.7 Å². The standard InChI is InChI=1S/C24H25N3O5S/c1-18-9-11-20(12-10-18)27(33(29,30)22-7-5-4-6-8-22)17-24(28)26-25-16-19-15-21(31-2)13-14-23(19)32-3/h4-16H,17H2,1-3H3,(H,26,28). The summed E-state index contributed by atoms with van der Waals surface area (Å²) in [6, 6.07) is 20.0. The number of benzene rings is 3. The molecule has 1 amide bonds. The fourth-order valence-corrected chi connectivity index (χ4v) is 4.47. The molecule has 0 aliphatic rings. The van der Waals surface area contributed by atoms with Crippen LogP contribution in [0.1, 0.15) is 11.1 Å². The average Bonchev–Trinajstić information content (AvgIpc) is 2.83. The summed E-state index contributed by atoms with van der Waals surface area (Å²) < 4.78 is 38.1. The zero-order valence-electron chi connectivity index (χ0n) is 18.6. The first-order valence-corrected chi connectivity index (χ1v) is 11.5. The van der Waals surface area contributed by atoms with Crippen LogP contribution in [-0.4, -0.2) is 41.3 Å². The van der Waals surface area contributed by atoms with E-state index in [4.69, 9.17) is 9.47 Å². The van der Waals surface area contributed by atoms with Crippen molar-refractivity contribution in [2.45, 2.75) is 11.8 Å². The molecule has 8 nitrogen and oxygen atoms in total. The van der Waals surface area contributed by atoms with Crippen LogP contribution in [0.4, 0.5) is 5.69 Å². The number of sulfonamides is 1. The number of nitrogens with one attached hydrogen (secondary N) is 1. The summed E-state index contributed by atoms with van der Waals surface area (Å²) >= 11 is 0. The largest absolute Gasteiger partial charge is 0.497 e. The maximum Gasteiger partial charge on any atom is 0.264 e. The van der Waals surface area contributed by atoms with E-state index in [1.807, 2.05) is 6.92 Å². The van der Waals surface area contributed by atoms with Gasteiger partial charge in [0, 0.05) is 5.56 Å². The van der Waals surface area contributed by atoms with Gasteiger partial charge < -0.3 is 9.47 Å². The Labute approximate surface area is 193 Å². The number of anilines is 1. The van der Waals surface area contributed by atoms with Crippen LogP contribution >= 0.6 is 0 Å². The maximum absolute atomic E-state index is 13.3. The number of hydrogen-bond acceptors (Lipinski definition) is 6. The number of nitrogens with zero attached hydrogens (tertiary/aromatic N) is 2. The first-order valence-electron chi connectivity index (χ1n) is 10.0. The lowest BCUT2D eigenvalue weighted by molar-refractivity contribution is -0.119.